The van der Waals surface area contributed by atoms with Gasteiger partial charge in [-0.05, 0) is 37.3 Å². The van der Waals surface area contributed by atoms with Crippen molar-refractivity contribution in [1.82, 2.24) is 23.8 Å². The number of hydrogen-bond donors (Lipinski definition) is 0. The molecule has 1 atom stereocenters. The van der Waals surface area contributed by atoms with Gasteiger partial charge >= 0.3 is 5.69 Å². The summed E-state index contributed by atoms with van der Waals surface area (Å²) in [6.07, 6.45) is 3.85. The number of fused-ring (bicyclic) bond motifs is 1. The van der Waals surface area contributed by atoms with Crippen LogP contribution in [0.25, 0.3) is 10.9 Å². The molecule has 1 aromatic carbocycles. The summed E-state index contributed by atoms with van der Waals surface area (Å²) < 4.78 is 5.12. The Hall–Kier alpha value is -2.83. The standard InChI is InChI=1S/C20H25N5O2/c1-3-25-19(21-22(2)20(25)27)16-8-6-11-24(13-16)18(26)14-23-12-10-15-7-4-5-9-17(15)23/h4-5,7,9-10,12,16H,3,6,8,11,13-14H2,1-2H3/t16-/m1/s1. The van der Waals surface area contributed by atoms with Gasteiger partial charge in [0, 0.05) is 44.3 Å². The quantitative estimate of drug-likeness (QED) is 0.708. The van der Waals surface area contributed by atoms with Crippen molar-refractivity contribution in [3.63, 3.8) is 0 Å². The Morgan fingerprint density at radius 2 is 2.07 bits per heavy atom. The average molecular weight is 367 g/mol. The number of aryl methyl sites for hydroxylation is 1. The van der Waals surface area contributed by atoms with E-state index in [9.17, 15) is 9.59 Å². The summed E-state index contributed by atoms with van der Waals surface area (Å²) in [5.41, 5.74) is 0.985. The number of likely N-dealkylation sites (tertiary alicyclic amines) is 1. The summed E-state index contributed by atoms with van der Waals surface area (Å²) in [7, 11) is 1.68. The molecule has 1 fully saturated rings. The average Bonchev–Trinajstić information content (AvgIpc) is 3.23. The Bertz CT molecular complexity index is 1030. The van der Waals surface area contributed by atoms with Crippen LogP contribution in [0.1, 0.15) is 31.5 Å². The SMILES string of the molecule is CCn1c([C@@H]2CCCN(C(=O)Cn3ccc4ccccc43)C2)nn(C)c1=O. The lowest BCUT2D eigenvalue weighted by Gasteiger charge is -2.32. The van der Waals surface area contributed by atoms with Crippen LogP contribution >= 0.6 is 0 Å². The van der Waals surface area contributed by atoms with Crippen molar-refractivity contribution in [2.45, 2.75) is 38.8 Å². The molecule has 0 unspecified atom stereocenters. The summed E-state index contributed by atoms with van der Waals surface area (Å²) in [5.74, 6) is 1.02. The Labute approximate surface area is 157 Å². The Balaban J connectivity index is 1.52. The van der Waals surface area contributed by atoms with Crippen LogP contribution in [0.5, 0.6) is 0 Å². The van der Waals surface area contributed by atoms with Gasteiger partial charge in [-0.3, -0.25) is 9.36 Å². The summed E-state index contributed by atoms with van der Waals surface area (Å²) in [6, 6.07) is 10.1. The minimum atomic E-state index is -0.0882. The van der Waals surface area contributed by atoms with E-state index in [0.29, 0.717) is 19.6 Å². The highest BCUT2D eigenvalue weighted by molar-refractivity contribution is 5.83. The van der Waals surface area contributed by atoms with Gasteiger partial charge in [-0.25, -0.2) is 9.48 Å². The number of benzene rings is 1. The molecule has 0 spiro atoms. The highest BCUT2D eigenvalue weighted by atomic mass is 16.2. The molecule has 2 aromatic heterocycles. The van der Waals surface area contributed by atoms with Crippen molar-refractivity contribution in [2.75, 3.05) is 13.1 Å². The van der Waals surface area contributed by atoms with Crippen LogP contribution in [0.2, 0.25) is 0 Å². The van der Waals surface area contributed by atoms with Gasteiger partial charge in [0.15, 0.2) is 0 Å². The maximum Gasteiger partial charge on any atom is 0.345 e. The minimum absolute atomic E-state index is 0.0882. The fourth-order valence-corrected chi connectivity index (χ4v) is 4.06. The lowest BCUT2D eigenvalue weighted by molar-refractivity contribution is -0.133. The van der Waals surface area contributed by atoms with E-state index in [4.69, 9.17) is 0 Å². The second-order valence-corrected chi connectivity index (χ2v) is 7.19. The van der Waals surface area contributed by atoms with E-state index in [1.165, 1.54) is 4.68 Å². The molecule has 1 aliphatic rings. The van der Waals surface area contributed by atoms with Gasteiger partial charge in [0.05, 0.1) is 0 Å². The van der Waals surface area contributed by atoms with Gasteiger partial charge in [0.2, 0.25) is 5.91 Å². The summed E-state index contributed by atoms with van der Waals surface area (Å²) in [5, 5.41) is 5.58. The second-order valence-electron chi connectivity index (χ2n) is 7.19. The molecule has 1 saturated heterocycles. The summed E-state index contributed by atoms with van der Waals surface area (Å²) >= 11 is 0. The number of aromatic nitrogens is 4. The number of piperidine rings is 1. The van der Waals surface area contributed by atoms with E-state index in [1.807, 2.05) is 46.9 Å². The largest absolute Gasteiger partial charge is 0.345 e. The highest BCUT2D eigenvalue weighted by Crippen LogP contribution is 2.25. The van der Waals surface area contributed by atoms with Crippen molar-refractivity contribution < 1.29 is 4.79 Å². The van der Waals surface area contributed by atoms with Gasteiger partial charge in [0.1, 0.15) is 12.4 Å². The molecule has 0 radical (unpaired) electrons. The molecule has 7 heteroatoms. The van der Waals surface area contributed by atoms with Gasteiger partial charge in [-0.15, -0.1) is 0 Å². The predicted octanol–water partition coefficient (Wildman–Crippen LogP) is 1.96. The molecule has 1 amide bonds. The first-order chi connectivity index (χ1) is 13.1. The summed E-state index contributed by atoms with van der Waals surface area (Å²) in [6.45, 7) is 4.27. The topological polar surface area (TPSA) is 65.1 Å². The smallest absolute Gasteiger partial charge is 0.340 e. The molecule has 1 aliphatic heterocycles. The Kier molecular flexibility index (Phi) is 4.59. The zero-order valence-electron chi connectivity index (χ0n) is 15.8. The first kappa shape index (κ1) is 17.6. The van der Waals surface area contributed by atoms with E-state index in [1.54, 1.807) is 11.6 Å². The van der Waals surface area contributed by atoms with Gasteiger partial charge in [-0.2, -0.15) is 5.10 Å². The molecule has 0 bridgehead atoms. The number of carbonyl (C=O) groups excluding carboxylic acids is 1. The van der Waals surface area contributed by atoms with Gasteiger partial charge in [0.25, 0.3) is 0 Å². The first-order valence-electron chi connectivity index (χ1n) is 9.54. The zero-order valence-corrected chi connectivity index (χ0v) is 15.8. The maximum absolute atomic E-state index is 12.9. The van der Waals surface area contributed by atoms with E-state index >= 15 is 0 Å². The third-order valence-corrected chi connectivity index (χ3v) is 5.48. The van der Waals surface area contributed by atoms with Crippen molar-refractivity contribution >= 4 is 16.8 Å². The van der Waals surface area contributed by atoms with Crippen molar-refractivity contribution in [2.24, 2.45) is 7.05 Å². The monoisotopic (exact) mass is 367 g/mol. The van der Waals surface area contributed by atoms with Crippen LogP contribution in [-0.2, 0) is 24.9 Å². The number of carbonyl (C=O) groups is 1. The minimum Gasteiger partial charge on any atom is -0.340 e. The van der Waals surface area contributed by atoms with Crippen LogP contribution < -0.4 is 5.69 Å². The molecule has 3 heterocycles. The molecule has 0 aliphatic carbocycles. The van der Waals surface area contributed by atoms with Crippen LogP contribution in [0, 0.1) is 0 Å². The molecular weight excluding hydrogens is 342 g/mol. The van der Waals surface area contributed by atoms with E-state index < -0.39 is 0 Å². The number of para-hydroxylation sites is 1. The predicted molar refractivity (Wildman–Crippen MR) is 104 cm³/mol. The third-order valence-electron chi connectivity index (χ3n) is 5.48. The van der Waals surface area contributed by atoms with Crippen LogP contribution in [0.3, 0.4) is 0 Å². The molecule has 142 valence electrons. The Morgan fingerprint density at radius 1 is 1.26 bits per heavy atom. The Morgan fingerprint density at radius 3 is 2.89 bits per heavy atom. The van der Waals surface area contributed by atoms with Crippen LogP contribution in [-0.4, -0.2) is 42.8 Å². The zero-order chi connectivity index (χ0) is 19.0. The van der Waals surface area contributed by atoms with E-state index in [-0.39, 0.29) is 17.5 Å². The first-order valence-corrected chi connectivity index (χ1v) is 9.54. The van der Waals surface area contributed by atoms with E-state index in [2.05, 4.69) is 11.2 Å². The summed E-state index contributed by atoms with van der Waals surface area (Å²) in [4.78, 5) is 27.0. The fraction of sp³-hybridized carbons (Fsp3) is 0.450. The molecular formula is C20H25N5O2. The maximum atomic E-state index is 12.9. The number of amides is 1. The molecule has 0 N–H and O–H groups in total. The molecule has 4 rings (SSSR count). The molecule has 0 saturated carbocycles. The highest BCUT2D eigenvalue weighted by Gasteiger charge is 2.29. The van der Waals surface area contributed by atoms with Crippen molar-refractivity contribution in [3.05, 3.63) is 52.8 Å². The van der Waals surface area contributed by atoms with E-state index in [0.717, 1.165) is 36.1 Å². The molecule has 3 aromatic rings. The van der Waals surface area contributed by atoms with Crippen LogP contribution in [0.4, 0.5) is 0 Å². The number of nitrogens with zero attached hydrogens (tertiary/aromatic N) is 5. The third kappa shape index (κ3) is 3.18. The van der Waals surface area contributed by atoms with Crippen molar-refractivity contribution in [1.29, 1.82) is 0 Å². The normalized spacial score (nSPS) is 17.6. The van der Waals surface area contributed by atoms with Crippen molar-refractivity contribution in [3.8, 4) is 0 Å². The second kappa shape index (κ2) is 7.06. The fourth-order valence-electron chi connectivity index (χ4n) is 4.06. The molecule has 7 nitrogen and oxygen atoms in total. The van der Waals surface area contributed by atoms with Gasteiger partial charge < -0.3 is 9.47 Å². The number of hydrogen-bond acceptors (Lipinski definition) is 3. The lowest BCUT2D eigenvalue weighted by atomic mass is 9.97. The van der Waals surface area contributed by atoms with Crippen LogP contribution in [0.15, 0.2) is 41.3 Å². The van der Waals surface area contributed by atoms with Gasteiger partial charge in [-0.1, -0.05) is 18.2 Å². The lowest BCUT2D eigenvalue weighted by Crippen LogP contribution is -2.41. The molecule has 27 heavy (non-hydrogen) atoms. The number of rotatable bonds is 4.